The fraction of sp³-hybridized carbons (Fsp3) is 0.0513. The molecule has 0 atom stereocenters. The van der Waals surface area contributed by atoms with Gasteiger partial charge in [0, 0.05) is 44.9 Å². The molecule has 0 saturated heterocycles. The number of hydrogen-bond donors (Lipinski definition) is 0. The number of thiazole rings is 1. The second-order valence-electron chi connectivity index (χ2n) is 11.2. The van der Waals surface area contributed by atoms with E-state index < -0.39 is 0 Å². The molecule has 0 aliphatic carbocycles. The van der Waals surface area contributed by atoms with Gasteiger partial charge in [-0.05, 0) is 54.0 Å². The quantitative estimate of drug-likeness (QED) is 0.207. The van der Waals surface area contributed by atoms with Gasteiger partial charge in [-0.25, -0.2) is 15.0 Å². The summed E-state index contributed by atoms with van der Waals surface area (Å²) < 4.78 is 3.69. The van der Waals surface area contributed by atoms with Crippen LogP contribution in [0.25, 0.3) is 76.5 Å². The van der Waals surface area contributed by atoms with Gasteiger partial charge in [0.15, 0.2) is 5.82 Å². The minimum absolute atomic E-state index is 0.730. The monoisotopic (exact) mass is 582 g/mol. The van der Waals surface area contributed by atoms with Crippen molar-refractivity contribution >= 4 is 65.4 Å². The van der Waals surface area contributed by atoms with Crippen molar-refractivity contribution in [1.29, 1.82) is 0 Å². The van der Waals surface area contributed by atoms with Crippen molar-refractivity contribution in [1.82, 2.24) is 19.5 Å². The zero-order valence-corrected chi connectivity index (χ0v) is 24.8. The van der Waals surface area contributed by atoms with Crippen molar-refractivity contribution in [3.05, 3.63) is 138 Å². The maximum Gasteiger partial charge on any atom is 0.160 e. The molecule has 9 rings (SSSR count). The van der Waals surface area contributed by atoms with E-state index in [4.69, 9.17) is 15.0 Å². The minimum atomic E-state index is 0.730. The molecule has 0 saturated carbocycles. The van der Waals surface area contributed by atoms with E-state index in [2.05, 4.69) is 127 Å². The first-order valence-corrected chi connectivity index (χ1v) is 15.7. The predicted octanol–water partition coefficient (Wildman–Crippen LogP) is 10.2. The average Bonchev–Trinajstić information content (AvgIpc) is 3.79. The van der Waals surface area contributed by atoms with Crippen LogP contribution in [-0.2, 0) is 6.54 Å². The molecule has 0 fully saturated rings. The van der Waals surface area contributed by atoms with Crippen molar-refractivity contribution in [2.75, 3.05) is 0 Å². The number of benzene rings is 5. The molecule has 0 unspecified atom stereocenters. The van der Waals surface area contributed by atoms with E-state index in [9.17, 15) is 0 Å². The lowest BCUT2D eigenvalue weighted by Crippen LogP contribution is -1.99. The summed E-state index contributed by atoms with van der Waals surface area (Å²) in [7, 11) is 0. The van der Waals surface area contributed by atoms with Crippen molar-refractivity contribution in [2.24, 2.45) is 0 Å². The normalized spacial score (nSPS) is 14.1. The van der Waals surface area contributed by atoms with Crippen molar-refractivity contribution in [3.8, 4) is 22.4 Å². The van der Waals surface area contributed by atoms with E-state index in [1.807, 2.05) is 11.6 Å². The Morgan fingerprint density at radius 2 is 1.50 bits per heavy atom. The Labute approximate surface area is 258 Å². The first kappa shape index (κ1) is 25.1. The second-order valence-corrected chi connectivity index (χ2v) is 12.1. The van der Waals surface area contributed by atoms with Gasteiger partial charge < -0.3 is 4.57 Å². The van der Waals surface area contributed by atoms with Crippen LogP contribution in [0.1, 0.15) is 18.3 Å². The second kappa shape index (κ2) is 9.83. The number of rotatable bonds is 4. The molecule has 0 radical (unpaired) electrons. The van der Waals surface area contributed by atoms with Crippen LogP contribution < -0.4 is 0 Å². The van der Waals surface area contributed by atoms with Gasteiger partial charge in [0.2, 0.25) is 0 Å². The fourth-order valence-corrected chi connectivity index (χ4v) is 7.58. The molecule has 44 heavy (non-hydrogen) atoms. The van der Waals surface area contributed by atoms with Gasteiger partial charge in [0.1, 0.15) is 0 Å². The summed E-state index contributed by atoms with van der Waals surface area (Å²) in [6.45, 7) is 2.88. The van der Waals surface area contributed by atoms with Gasteiger partial charge in [-0.2, -0.15) is 0 Å². The molecular weight excluding hydrogens is 557 g/mol. The topological polar surface area (TPSA) is 43.6 Å². The molecule has 0 spiro atoms. The van der Waals surface area contributed by atoms with Crippen LogP contribution in [0.15, 0.2) is 127 Å². The van der Waals surface area contributed by atoms with Crippen molar-refractivity contribution < 1.29 is 0 Å². The highest BCUT2D eigenvalue weighted by molar-refractivity contribution is 7.17. The Morgan fingerprint density at radius 1 is 0.727 bits per heavy atom. The van der Waals surface area contributed by atoms with Gasteiger partial charge in [-0.3, -0.25) is 0 Å². The third kappa shape index (κ3) is 3.79. The zero-order valence-electron chi connectivity index (χ0n) is 24.0. The molecule has 1 aliphatic heterocycles. The summed E-state index contributed by atoms with van der Waals surface area (Å²) in [5.74, 6) is 0.730. The SMILES string of the molecule is C/C=C(\C=C1/Cn2c3ccccc3c3cc4ncsc4c1c32)c1nc(-c2cccc(-c3ccccc3)c2)c2ccccc2n1. The summed E-state index contributed by atoms with van der Waals surface area (Å²) in [6, 6.07) is 38.4. The van der Waals surface area contributed by atoms with Crippen LogP contribution in [0.5, 0.6) is 0 Å². The highest BCUT2D eigenvalue weighted by atomic mass is 32.1. The lowest BCUT2D eigenvalue weighted by atomic mass is 9.99. The molecule has 3 aromatic heterocycles. The van der Waals surface area contributed by atoms with Crippen molar-refractivity contribution in [2.45, 2.75) is 13.5 Å². The van der Waals surface area contributed by atoms with Gasteiger partial charge in [0.25, 0.3) is 0 Å². The molecular formula is C39H26N4S. The minimum Gasteiger partial charge on any atom is -0.335 e. The summed E-state index contributed by atoms with van der Waals surface area (Å²) in [6.07, 6.45) is 4.43. The third-order valence-corrected chi connectivity index (χ3v) is 9.60. The molecule has 5 heteroatoms. The van der Waals surface area contributed by atoms with Gasteiger partial charge >= 0.3 is 0 Å². The molecule has 0 amide bonds. The Kier molecular flexibility index (Phi) is 5.62. The lowest BCUT2D eigenvalue weighted by Gasteiger charge is -2.12. The van der Waals surface area contributed by atoms with Gasteiger partial charge in [-0.1, -0.05) is 91.0 Å². The summed E-state index contributed by atoms with van der Waals surface area (Å²) in [5, 5.41) is 3.59. The Bertz CT molecular complexity index is 2480. The van der Waals surface area contributed by atoms with Crippen LogP contribution >= 0.6 is 11.3 Å². The molecule has 4 nitrogen and oxygen atoms in total. The van der Waals surface area contributed by atoms with Crippen LogP contribution in [0.2, 0.25) is 0 Å². The Morgan fingerprint density at radius 3 is 2.39 bits per heavy atom. The number of aromatic nitrogens is 4. The maximum atomic E-state index is 5.27. The number of hydrogen-bond acceptors (Lipinski definition) is 4. The molecule has 8 aromatic rings. The highest BCUT2D eigenvalue weighted by Gasteiger charge is 2.27. The maximum absolute atomic E-state index is 5.27. The summed E-state index contributed by atoms with van der Waals surface area (Å²) in [5.41, 5.74) is 14.4. The molecule has 4 heterocycles. The van der Waals surface area contributed by atoms with E-state index in [1.165, 1.54) is 48.8 Å². The average molecular weight is 583 g/mol. The standard InChI is InChI=1S/C39H26N4S/c1-2-24(19-28-22-43-34-18-9-7-15-29(34)31-21-33-38(44-23-40-33)35(28)37(31)43)39-41-32-17-8-6-16-30(32)36(42-39)27-14-10-13-26(20-27)25-11-4-3-5-12-25/h2-21,23H,22H2,1H3/b24-2+,28-19+. The predicted molar refractivity (Wildman–Crippen MR) is 185 cm³/mol. The largest absolute Gasteiger partial charge is 0.335 e. The van der Waals surface area contributed by atoms with Crippen LogP contribution in [0.3, 0.4) is 0 Å². The van der Waals surface area contributed by atoms with Gasteiger partial charge in [0.05, 0.1) is 32.5 Å². The molecule has 208 valence electrons. The highest BCUT2D eigenvalue weighted by Crippen LogP contribution is 2.46. The third-order valence-electron chi connectivity index (χ3n) is 8.74. The van der Waals surface area contributed by atoms with Crippen LogP contribution in [0.4, 0.5) is 0 Å². The van der Waals surface area contributed by atoms with E-state index >= 15 is 0 Å². The van der Waals surface area contributed by atoms with E-state index in [0.29, 0.717) is 0 Å². The number of allylic oxidation sites excluding steroid dienone is 4. The van der Waals surface area contributed by atoms with Gasteiger partial charge in [-0.15, -0.1) is 11.3 Å². The number of fused-ring (bicyclic) bond motifs is 6. The lowest BCUT2D eigenvalue weighted by molar-refractivity contribution is 0.947. The first-order valence-electron chi connectivity index (χ1n) is 14.8. The summed E-state index contributed by atoms with van der Waals surface area (Å²) in [4.78, 5) is 15.1. The fourth-order valence-electron chi connectivity index (χ4n) is 6.73. The molecule has 0 bridgehead atoms. The van der Waals surface area contributed by atoms with Crippen LogP contribution in [0, 0.1) is 0 Å². The van der Waals surface area contributed by atoms with Crippen LogP contribution in [-0.4, -0.2) is 19.5 Å². The van der Waals surface area contributed by atoms with E-state index in [1.54, 1.807) is 11.3 Å². The Hall–Kier alpha value is -5.39. The van der Waals surface area contributed by atoms with E-state index in [0.717, 1.165) is 45.6 Å². The zero-order chi connectivity index (χ0) is 29.2. The Balaban J connectivity index is 1.22. The molecule has 5 aromatic carbocycles. The molecule has 0 N–H and O–H groups in total. The van der Waals surface area contributed by atoms with Crippen molar-refractivity contribution in [3.63, 3.8) is 0 Å². The smallest absolute Gasteiger partial charge is 0.160 e. The number of para-hydroxylation sites is 2. The van der Waals surface area contributed by atoms with E-state index in [-0.39, 0.29) is 0 Å². The first-order chi connectivity index (χ1) is 21.8. The summed E-state index contributed by atoms with van der Waals surface area (Å²) >= 11 is 1.72. The number of nitrogens with zero attached hydrogens (tertiary/aromatic N) is 4. The molecule has 1 aliphatic rings.